The zero-order chi connectivity index (χ0) is 17.1. The normalized spacial score (nSPS) is 10.8. The summed E-state index contributed by atoms with van der Waals surface area (Å²) in [5, 5.41) is 4.41. The predicted octanol–water partition coefficient (Wildman–Crippen LogP) is 1.53. The van der Waals surface area contributed by atoms with Crippen LogP contribution in [0.3, 0.4) is 0 Å². The van der Waals surface area contributed by atoms with Crippen molar-refractivity contribution in [1.82, 2.24) is 19.4 Å². The number of amides is 1. The lowest BCUT2D eigenvalue weighted by atomic mass is 10.3. The Labute approximate surface area is 141 Å². The summed E-state index contributed by atoms with van der Waals surface area (Å²) in [5.74, 6) is -0.806. The highest BCUT2D eigenvalue weighted by Gasteiger charge is 2.12. The molecule has 3 aromatic rings. The molecular weight excluding hydrogens is 330 g/mol. The van der Waals surface area contributed by atoms with E-state index in [2.05, 4.69) is 20.3 Å². The van der Waals surface area contributed by atoms with E-state index >= 15 is 0 Å². The number of aromatic nitrogens is 4. The summed E-state index contributed by atoms with van der Waals surface area (Å²) >= 11 is 1.48. The number of nitrogens with zero attached hydrogens (tertiary/aromatic N) is 4. The van der Waals surface area contributed by atoms with Crippen molar-refractivity contribution in [2.45, 2.75) is 20.3 Å². The number of thiazole rings is 1. The first-order valence-electron chi connectivity index (χ1n) is 7.18. The Morgan fingerprint density at radius 1 is 1.25 bits per heavy atom. The lowest BCUT2D eigenvalue weighted by Crippen LogP contribution is -2.23. The first-order chi connectivity index (χ1) is 11.5. The van der Waals surface area contributed by atoms with E-state index in [1.807, 2.05) is 16.0 Å². The second-order valence-corrected chi connectivity index (χ2v) is 6.06. The van der Waals surface area contributed by atoms with Crippen LogP contribution in [-0.4, -0.2) is 37.8 Å². The molecule has 0 unspecified atom stereocenters. The fraction of sp³-hybridized carbons (Fsp3) is 0.267. The van der Waals surface area contributed by atoms with Crippen molar-refractivity contribution in [3.63, 3.8) is 0 Å². The molecule has 0 atom stereocenters. The monoisotopic (exact) mass is 345 g/mol. The highest BCUT2D eigenvalue weighted by molar-refractivity contribution is 7.15. The number of aryl methyl sites for hydroxylation is 2. The van der Waals surface area contributed by atoms with E-state index < -0.39 is 18.5 Å². The van der Waals surface area contributed by atoms with Crippen molar-refractivity contribution in [3.05, 3.63) is 40.9 Å². The summed E-state index contributed by atoms with van der Waals surface area (Å²) in [5.41, 5.74) is 2.09. The smallest absolute Gasteiger partial charge is 0.312 e. The van der Waals surface area contributed by atoms with Crippen LogP contribution >= 0.6 is 11.3 Å². The molecule has 1 amide bonds. The molecule has 0 saturated heterocycles. The van der Waals surface area contributed by atoms with Gasteiger partial charge in [-0.2, -0.15) is 0 Å². The third kappa shape index (κ3) is 3.93. The first kappa shape index (κ1) is 16.1. The number of carbonyl (C=O) groups is 2. The molecule has 0 aromatic carbocycles. The van der Waals surface area contributed by atoms with Crippen molar-refractivity contribution < 1.29 is 14.3 Å². The average molecular weight is 345 g/mol. The maximum absolute atomic E-state index is 11.8. The highest BCUT2D eigenvalue weighted by Crippen LogP contribution is 2.12. The van der Waals surface area contributed by atoms with Crippen molar-refractivity contribution in [2.75, 3.05) is 11.9 Å². The third-order valence-electron chi connectivity index (χ3n) is 3.07. The molecule has 24 heavy (non-hydrogen) atoms. The molecule has 124 valence electrons. The SMILES string of the molecule is Cc1cc(C)nc(NC(=O)COC(=O)Cc2cn3ccsc3n2)n1. The van der Waals surface area contributed by atoms with E-state index in [1.54, 1.807) is 26.1 Å². The maximum Gasteiger partial charge on any atom is 0.312 e. The van der Waals surface area contributed by atoms with Gasteiger partial charge < -0.3 is 4.74 Å². The van der Waals surface area contributed by atoms with Crippen LogP contribution in [0, 0.1) is 13.8 Å². The molecule has 0 aliphatic carbocycles. The maximum atomic E-state index is 11.8. The minimum Gasteiger partial charge on any atom is -0.455 e. The first-order valence-corrected chi connectivity index (χ1v) is 8.06. The van der Waals surface area contributed by atoms with E-state index in [-0.39, 0.29) is 12.4 Å². The van der Waals surface area contributed by atoms with Gasteiger partial charge in [-0.25, -0.2) is 15.0 Å². The summed E-state index contributed by atoms with van der Waals surface area (Å²) in [6, 6.07) is 1.80. The fourth-order valence-electron chi connectivity index (χ4n) is 2.15. The van der Waals surface area contributed by atoms with Crippen LogP contribution in [0.2, 0.25) is 0 Å². The molecule has 8 nitrogen and oxygen atoms in total. The molecule has 1 N–H and O–H groups in total. The number of rotatable bonds is 5. The van der Waals surface area contributed by atoms with Gasteiger partial charge in [0.2, 0.25) is 5.95 Å². The number of hydrogen-bond acceptors (Lipinski definition) is 7. The lowest BCUT2D eigenvalue weighted by molar-refractivity contribution is -0.146. The van der Waals surface area contributed by atoms with Crippen LogP contribution in [0.15, 0.2) is 23.8 Å². The molecular formula is C15H15N5O3S. The summed E-state index contributed by atoms with van der Waals surface area (Å²) in [4.78, 5) is 36.9. The van der Waals surface area contributed by atoms with E-state index in [9.17, 15) is 9.59 Å². The number of nitrogens with one attached hydrogen (secondary N) is 1. The van der Waals surface area contributed by atoms with Crippen LogP contribution in [0.5, 0.6) is 0 Å². The average Bonchev–Trinajstić information content (AvgIpc) is 3.05. The second-order valence-electron chi connectivity index (χ2n) is 5.19. The van der Waals surface area contributed by atoms with Crippen LogP contribution < -0.4 is 5.32 Å². The quantitative estimate of drug-likeness (QED) is 0.704. The van der Waals surface area contributed by atoms with Gasteiger partial charge in [0.1, 0.15) is 0 Å². The molecule has 9 heteroatoms. The molecule has 0 bridgehead atoms. The van der Waals surface area contributed by atoms with Gasteiger partial charge in [-0.15, -0.1) is 11.3 Å². The van der Waals surface area contributed by atoms with E-state index in [0.29, 0.717) is 5.69 Å². The van der Waals surface area contributed by atoms with Gasteiger partial charge in [-0.1, -0.05) is 0 Å². The Morgan fingerprint density at radius 2 is 2.00 bits per heavy atom. The highest BCUT2D eigenvalue weighted by atomic mass is 32.1. The van der Waals surface area contributed by atoms with E-state index in [0.717, 1.165) is 16.3 Å². The van der Waals surface area contributed by atoms with Crippen LogP contribution in [-0.2, 0) is 20.7 Å². The zero-order valence-electron chi connectivity index (χ0n) is 13.1. The predicted molar refractivity (Wildman–Crippen MR) is 87.9 cm³/mol. The van der Waals surface area contributed by atoms with Gasteiger partial charge in [0.05, 0.1) is 12.1 Å². The Kier molecular flexibility index (Phi) is 4.52. The molecule has 0 aliphatic rings. The summed E-state index contributed by atoms with van der Waals surface area (Å²) in [7, 11) is 0. The van der Waals surface area contributed by atoms with Gasteiger partial charge in [0.15, 0.2) is 11.6 Å². The zero-order valence-corrected chi connectivity index (χ0v) is 14.0. The van der Waals surface area contributed by atoms with Crippen LogP contribution in [0.1, 0.15) is 17.1 Å². The molecule has 3 heterocycles. The number of imidazole rings is 1. The number of anilines is 1. The number of esters is 1. The molecule has 0 spiro atoms. The minimum absolute atomic E-state index is 0.0156. The van der Waals surface area contributed by atoms with Crippen molar-refractivity contribution in [1.29, 1.82) is 0 Å². The van der Waals surface area contributed by atoms with Crippen molar-refractivity contribution in [2.24, 2.45) is 0 Å². The minimum atomic E-state index is -0.516. The molecule has 0 saturated carbocycles. The van der Waals surface area contributed by atoms with Crippen LogP contribution in [0.4, 0.5) is 5.95 Å². The van der Waals surface area contributed by atoms with Crippen molar-refractivity contribution in [3.8, 4) is 0 Å². The van der Waals surface area contributed by atoms with Gasteiger partial charge in [0.25, 0.3) is 5.91 Å². The number of ether oxygens (including phenoxy) is 1. The van der Waals surface area contributed by atoms with E-state index in [4.69, 9.17) is 4.74 Å². The Balaban J connectivity index is 1.50. The molecule has 0 aliphatic heterocycles. The summed E-state index contributed by atoms with van der Waals surface area (Å²) in [6.07, 6.45) is 3.64. The summed E-state index contributed by atoms with van der Waals surface area (Å²) in [6.45, 7) is 3.22. The molecule has 3 aromatic heterocycles. The Hall–Kier alpha value is -2.81. The van der Waals surface area contributed by atoms with Gasteiger partial charge in [-0.3, -0.25) is 19.3 Å². The molecule has 3 rings (SSSR count). The lowest BCUT2D eigenvalue weighted by Gasteiger charge is -2.06. The standard InChI is InChI=1S/C15H15N5O3S/c1-9-5-10(2)17-14(16-9)19-12(21)8-23-13(22)6-11-7-20-3-4-24-15(20)18-11/h3-5,7H,6,8H2,1-2H3,(H,16,17,19,21). The second kappa shape index (κ2) is 6.75. The van der Waals surface area contributed by atoms with Gasteiger partial charge in [0, 0.05) is 29.2 Å². The third-order valence-corrected chi connectivity index (χ3v) is 3.84. The summed E-state index contributed by atoms with van der Waals surface area (Å²) < 4.78 is 6.79. The van der Waals surface area contributed by atoms with Gasteiger partial charge >= 0.3 is 5.97 Å². The number of fused-ring (bicyclic) bond motifs is 1. The largest absolute Gasteiger partial charge is 0.455 e. The number of carbonyl (C=O) groups excluding carboxylic acids is 2. The topological polar surface area (TPSA) is 98.5 Å². The van der Waals surface area contributed by atoms with Gasteiger partial charge in [-0.05, 0) is 19.9 Å². The Morgan fingerprint density at radius 3 is 2.71 bits per heavy atom. The molecule has 0 radical (unpaired) electrons. The van der Waals surface area contributed by atoms with Crippen molar-refractivity contribution >= 4 is 34.1 Å². The Bertz CT molecular complexity index is 853. The molecule has 0 fully saturated rings. The number of hydrogen-bond donors (Lipinski definition) is 1. The van der Waals surface area contributed by atoms with E-state index in [1.165, 1.54) is 11.3 Å². The fourth-order valence-corrected chi connectivity index (χ4v) is 2.87. The van der Waals surface area contributed by atoms with Crippen LogP contribution in [0.25, 0.3) is 4.96 Å².